The van der Waals surface area contributed by atoms with Crippen LogP contribution in [0.2, 0.25) is 0 Å². The maximum absolute atomic E-state index is 11.3. The smallest absolute Gasteiger partial charge is 0.224 e. The number of nitrogens with one attached hydrogen (secondary N) is 2. The van der Waals surface area contributed by atoms with Crippen molar-refractivity contribution in [3.8, 4) is 0 Å². The van der Waals surface area contributed by atoms with Gasteiger partial charge in [0, 0.05) is 37.1 Å². The van der Waals surface area contributed by atoms with E-state index in [1.165, 1.54) is 5.56 Å². The molecule has 4 nitrogen and oxygen atoms in total. The molecule has 0 saturated heterocycles. The molecule has 1 amide bonds. The van der Waals surface area contributed by atoms with Gasteiger partial charge in [-0.05, 0) is 36.2 Å². The van der Waals surface area contributed by atoms with Crippen LogP contribution in [0.15, 0.2) is 48.8 Å². The molecule has 0 aliphatic rings. The van der Waals surface area contributed by atoms with Gasteiger partial charge in [-0.1, -0.05) is 25.1 Å². The Morgan fingerprint density at radius 1 is 1.24 bits per heavy atom. The van der Waals surface area contributed by atoms with E-state index in [1.54, 1.807) is 6.20 Å². The van der Waals surface area contributed by atoms with Gasteiger partial charge in [-0.3, -0.25) is 9.78 Å². The quantitative estimate of drug-likeness (QED) is 0.855. The molecule has 0 saturated carbocycles. The average molecular weight is 283 g/mol. The van der Waals surface area contributed by atoms with Crippen molar-refractivity contribution < 1.29 is 4.79 Å². The molecule has 21 heavy (non-hydrogen) atoms. The Hall–Kier alpha value is -2.20. The van der Waals surface area contributed by atoms with E-state index in [1.807, 2.05) is 43.5 Å². The van der Waals surface area contributed by atoms with Crippen LogP contribution < -0.4 is 10.6 Å². The normalized spacial score (nSPS) is 11.9. The van der Waals surface area contributed by atoms with E-state index in [2.05, 4.69) is 28.6 Å². The fourth-order valence-corrected chi connectivity index (χ4v) is 2.00. The van der Waals surface area contributed by atoms with Crippen LogP contribution in [0.3, 0.4) is 0 Å². The monoisotopic (exact) mass is 283 g/mol. The van der Waals surface area contributed by atoms with Crippen LogP contribution in [0.5, 0.6) is 0 Å². The Bertz CT molecular complexity index is 566. The van der Waals surface area contributed by atoms with Gasteiger partial charge in [-0.15, -0.1) is 0 Å². The lowest BCUT2D eigenvalue weighted by Crippen LogP contribution is -2.18. The number of aromatic nitrogens is 1. The third kappa shape index (κ3) is 4.68. The molecule has 2 rings (SSSR count). The lowest BCUT2D eigenvalue weighted by atomic mass is 10.1. The molecule has 0 fully saturated rings. The van der Waals surface area contributed by atoms with Crippen LogP contribution in [0.25, 0.3) is 0 Å². The summed E-state index contributed by atoms with van der Waals surface area (Å²) in [4.78, 5) is 15.4. The molecule has 2 N–H and O–H groups in total. The molecule has 1 aromatic carbocycles. The molecule has 2 aromatic rings. The number of carbonyl (C=O) groups excluding carboxylic acids is 1. The zero-order chi connectivity index (χ0) is 15.1. The van der Waals surface area contributed by atoms with Crippen molar-refractivity contribution in [2.75, 3.05) is 5.32 Å². The second-order valence-electron chi connectivity index (χ2n) is 4.99. The molecule has 110 valence electrons. The van der Waals surface area contributed by atoms with Gasteiger partial charge in [0.1, 0.15) is 0 Å². The maximum atomic E-state index is 11.3. The first-order chi connectivity index (χ1) is 10.2. The van der Waals surface area contributed by atoms with Gasteiger partial charge in [-0.2, -0.15) is 0 Å². The third-order valence-corrected chi connectivity index (χ3v) is 3.35. The van der Waals surface area contributed by atoms with E-state index in [0.29, 0.717) is 6.42 Å². The number of hydrogen-bond acceptors (Lipinski definition) is 3. The van der Waals surface area contributed by atoms with Crippen LogP contribution in [-0.2, 0) is 11.3 Å². The van der Waals surface area contributed by atoms with Crippen molar-refractivity contribution in [3.63, 3.8) is 0 Å². The van der Waals surface area contributed by atoms with Gasteiger partial charge in [-0.25, -0.2) is 0 Å². The number of nitrogens with zero attached hydrogens (tertiary/aromatic N) is 1. The number of benzene rings is 1. The summed E-state index contributed by atoms with van der Waals surface area (Å²) in [5, 5.41) is 6.31. The van der Waals surface area contributed by atoms with Gasteiger partial charge < -0.3 is 10.6 Å². The van der Waals surface area contributed by atoms with E-state index >= 15 is 0 Å². The number of pyridine rings is 1. The molecular formula is C17H21N3O. The maximum Gasteiger partial charge on any atom is 0.224 e. The molecule has 0 aliphatic carbocycles. The van der Waals surface area contributed by atoms with E-state index in [4.69, 9.17) is 0 Å². The van der Waals surface area contributed by atoms with E-state index in [-0.39, 0.29) is 11.9 Å². The van der Waals surface area contributed by atoms with Crippen LogP contribution >= 0.6 is 0 Å². The van der Waals surface area contributed by atoms with Gasteiger partial charge in [0.05, 0.1) is 0 Å². The van der Waals surface area contributed by atoms with E-state index in [9.17, 15) is 4.79 Å². The lowest BCUT2D eigenvalue weighted by Gasteiger charge is -2.15. The fourth-order valence-electron chi connectivity index (χ4n) is 2.00. The molecule has 1 atom stereocenters. The van der Waals surface area contributed by atoms with Crippen molar-refractivity contribution in [1.82, 2.24) is 10.3 Å². The molecule has 0 aliphatic heterocycles. The van der Waals surface area contributed by atoms with Crippen molar-refractivity contribution in [2.45, 2.75) is 32.9 Å². The average Bonchev–Trinajstić information content (AvgIpc) is 2.54. The summed E-state index contributed by atoms with van der Waals surface area (Å²) in [7, 11) is 0. The molecule has 0 bridgehead atoms. The van der Waals surface area contributed by atoms with Gasteiger partial charge >= 0.3 is 0 Å². The summed E-state index contributed by atoms with van der Waals surface area (Å²) in [6, 6.07) is 12.2. The summed E-state index contributed by atoms with van der Waals surface area (Å²) >= 11 is 0. The highest BCUT2D eigenvalue weighted by molar-refractivity contribution is 5.90. The number of rotatable bonds is 6. The topological polar surface area (TPSA) is 54.0 Å². The van der Waals surface area contributed by atoms with Crippen LogP contribution in [-0.4, -0.2) is 10.9 Å². The molecule has 4 heteroatoms. The fraction of sp³-hybridized carbons (Fsp3) is 0.294. The second kappa shape index (κ2) is 7.55. The first-order valence-electron chi connectivity index (χ1n) is 7.21. The zero-order valence-corrected chi connectivity index (χ0v) is 12.5. The Morgan fingerprint density at radius 2 is 2.00 bits per heavy atom. The highest BCUT2D eigenvalue weighted by Crippen LogP contribution is 2.16. The Balaban J connectivity index is 1.90. The van der Waals surface area contributed by atoms with E-state index < -0.39 is 0 Å². The van der Waals surface area contributed by atoms with Crippen molar-refractivity contribution >= 4 is 11.6 Å². The van der Waals surface area contributed by atoms with Crippen LogP contribution in [0, 0.1) is 0 Å². The van der Waals surface area contributed by atoms with Gasteiger partial charge in [0.15, 0.2) is 0 Å². The molecule has 1 heterocycles. The zero-order valence-electron chi connectivity index (χ0n) is 12.5. The summed E-state index contributed by atoms with van der Waals surface area (Å²) in [6.45, 7) is 4.74. The highest BCUT2D eigenvalue weighted by Gasteiger charge is 2.05. The Labute approximate surface area is 125 Å². The molecule has 0 spiro atoms. The molecule has 1 unspecified atom stereocenters. The SMILES string of the molecule is CCC(=O)Nc1ccc(C(C)NCc2cccnc2)cc1. The minimum absolute atomic E-state index is 0.0329. The molecular weight excluding hydrogens is 262 g/mol. The van der Waals surface area contributed by atoms with Crippen LogP contribution in [0.1, 0.15) is 37.4 Å². The Kier molecular flexibility index (Phi) is 5.46. The van der Waals surface area contributed by atoms with Crippen molar-refractivity contribution in [1.29, 1.82) is 0 Å². The minimum Gasteiger partial charge on any atom is -0.326 e. The van der Waals surface area contributed by atoms with Crippen molar-refractivity contribution in [3.05, 3.63) is 59.9 Å². The third-order valence-electron chi connectivity index (χ3n) is 3.35. The second-order valence-corrected chi connectivity index (χ2v) is 4.99. The largest absolute Gasteiger partial charge is 0.326 e. The summed E-state index contributed by atoms with van der Waals surface area (Å²) in [5.74, 6) is 0.0329. The summed E-state index contributed by atoms with van der Waals surface area (Å²) in [5.41, 5.74) is 3.19. The Morgan fingerprint density at radius 3 is 2.62 bits per heavy atom. The summed E-state index contributed by atoms with van der Waals surface area (Å²) in [6.07, 6.45) is 4.13. The van der Waals surface area contributed by atoms with Gasteiger partial charge in [0.25, 0.3) is 0 Å². The first kappa shape index (κ1) is 15.2. The van der Waals surface area contributed by atoms with Crippen molar-refractivity contribution in [2.24, 2.45) is 0 Å². The van der Waals surface area contributed by atoms with Gasteiger partial charge in [0.2, 0.25) is 5.91 Å². The van der Waals surface area contributed by atoms with E-state index in [0.717, 1.165) is 17.8 Å². The number of amides is 1. The first-order valence-corrected chi connectivity index (χ1v) is 7.21. The number of carbonyl (C=O) groups is 1. The standard InChI is InChI=1S/C17H21N3O/c1-3-17(21)20-16-8-6-15(7-9-16)13(2)19-12-14-5-4-10-18-11-14/h4-11,13,19H,3,12H2,1-2H3,(H,20,21). The highest BCUT2D eigenvalue weighted by atomic mass is 16.1. The lowest BCUT2D eigenvalue weighted by molar-refractivity contribution is -0.115. The number of anilines is 1. The minimum atomic E-state index is 0.0329. The predicted octanol–water partition coefficient (Wildman–Crippen LogP) is 3.28. The number of hydrogen-bond donors (Lipinski definition) is 2. The van der Waals surface area contributed by atoms with Crippen LogP contribution in [0.4, 0.5) is 5.69 Å². The molecule has 1 aromatic heterocycles. The predicted molar refractivity (Wildman–Crippen MR) is 84.9 cm³/mol. The molecule has 0 radical (unpaired) electrons. The summed E-state index contributed by atoms with van der Waals surface area (Å²) < 4.78 is 0.